The molecule has 1 aliphatic rings. The van der Waals surface area contributed by atoms with Gasteiger partial charge in [0.25, 0.3) is 5.91 Å². The van der Waals surface area contributed by atoms with Crippen LogP contribution < -0.4 is 5.32 Å². The average Bonchev–Trinajstić information content (AvgIpc) is 2.88. The fourth-order valence-corrected chi connectivity index (χ4v) is 3.59. The maximum Gasteiger partial charge on any atom is 0.265 e. The van der Waals surface area contributed by atoms with Gasteiger partial charge in [-0.1, -0.05) is 6.92 Å². The molecule has 0 spiro atoms. The molecule has 4 nitrogen and oxygen atoms in total. The smallest absolute Gasteiger partial charge is 0.265 e. The summed E-state index contributed by atoms with van der Waals surface area (Å²) in [4.78, 5) is 19.6. The van der Waals surface area contributed by atoms with Crippen LogP contribution >= 0.6 is 36.2 Å². The van der Waals surface area contributed by atoms with E-state index in [9.17, 15) is 4.79 Å². The first-order valence-electron chi connectivity index (χ1n) is 7.13. The molecule has 2 heterocycles. The lowest BCUT2D eigenvalue weighted by Crippen LogP contribution is -2.42. The number of piperidine rings is 1. The van der Waals surface area contributed by atoms with Gasteiger partial charge in [0.1, 0.15) is 4.88 Å². The number of hydrogen-bond acceptors (Lipinski definition) is 4. The first kappa shape index (κ1) is 20.6. The SMILES string of the molecule is CCCc1ncc(C(=O)N2CCCC(CNC)C2)s1.Cl.Cl. The largest absolute Gasteiger partial charge is 0.338 e. The molecule has 1 aliphatic heterocycles. The second kappa shape index (κ2) is 10.4. The van der Waals surface area contributed by atoms with Gasteiger partial charge in [0.2, 0.25) is 0 Å². The lowest BCUT2D eigenvalue weighted by molar-refractivity contribution is 0.0679. The van der Waals surface area contributed by atoms with E-state index in [-0.39, 0.29) is 30.7 Å². The molecular weight excluding hydrogens is 329 g/mol. The highest BCUT2D eigenvalue weighted by molar-refractivity contribution is 7.13. The topological polar surface area (TPSA) is 45.2 Å². The Morgan fingerprint density at radius 2 is 2.29 bits per heavy atom. The number of nitrogens with one attached hydrogen (secondary N) is 1. The van der Waals surface area contributed by atoms with E-state index in [0.717, 1.165) is 48.8 Å². The summed E-state index contributed by atoms with van der Waals surface area (Å²) in [5.41, 5.74) is 0. The quantitative estimate of drug-likeness (QED) is 0.884. The molecule has 21 heavy (non-hydrogen) atoms. The van der Waals surface area contributed by atoms with Crippen molar-refractivity contribution in [1.82, 2.24) is 15.2 Å². The molecule has 1 atom stereocenters. The van der Waals surface area contributed by atoms with Crippen LogP contribution in [0.15, 0.2) is 6.20 Å². The maximum absolute atomic E-state index is 12.4. The van der Waals surface area contributed by atoms with Crippen LogP contribution in [0.3, 0.4) is 0 Å². The number of nitrogens with zero attached hydrogens (tertiary/aromatic N) is 2. The van der Waals surface area contributed by atoms with Crippen molar-refractivity contribution >= 4 is 42.1 Å². The molecule has 0 saturated carbocycles. The van der Waals surface area contributed by atoms with Crippen LogP contribution in [0.1, 0.15) is 40.9 Å². The van der Waals surface area contributed by atoms with E-state index in [1.807, 2.05) is 11.9 Å². The highest BCUT2D eigenvalue weighted by atomic mass is 35.5. The lowest BCUT2D eigenvalue weighted by atomic mass is 9.98. The molecule has 1 aromatic heterocycles. The van der Waals surface area contributed by atoms with Gasteiger partial charge in [0.05, 0.1) is 11.2 Å². The maximum atomic E-state index is 12.4. The highest BCUT2D eigenvalue weighted by Gasteiger charge is 2.25. The van der Waals surface area contributed by atoms with Gasteiger partial charge >= 0.3 is 0 Å². The minimum Gasteiger partial charge on any atom is -0.338 e. The van der Waals surface area contributed by atoms with Gasteiger partial charge in [-0.15, -0.1) is 36.2 Å². The van der Waals surface area contributed by atoms with Gasteiger partial charge in [0.15, 0.2) is 0 Å². The zero-order valence-corrected chi connectivity index (χ0v) is 15.1. The normalized spacial score (nSPS) is 17.8. The van der Waals surface area contributed by atoms with E-state index in [1.54, 1.807) is 17.5 Å². The molecule has 0 radical (unpaired) electrons. The highest BCUT2D eigenvalue weighted by Crippen LogP contribution is 2.21. The minimum atomic E-state index is 0. The van der Waals surface area contributed by atoms with Gasteiger partial charge in [-0.3, -0.25) is 4.79 Å². The monoisotopic (exact) mass is 353 g/mol. The molecule has 0 aliphatic carbocycles. The molecular formula is C14H25Cl2N3OS. The number of amides is 1. The van der Waals surface area contributed by atoms with Gasteiger partial charge in [-0.25, -0.2) is 4.98 Å². The average molecular weight is 354 g/mol. The Morgan fingerprint density at radius 1 is 1.52 bits per heavy atom. The molecule has 1 unspecified atom stereocenters. The van der Waals surface area contributed by atoms with Crippen molar-refractivity contribution in [1.29, 1.82) is 0 Å². The number of thiazole rings is 1. The van der Waals surface area contributed by atoms with E-state index >= 15 is 0 Å². The summed E-state index contributed by atoms with van der Waals surface area (Å²) in [5.74, 6) is 0.756. The minimum absolute atomic E-state index is 0. The third kappa shape index (κ3) is 5.74. The van der Waals surface area contributed by atoms with Crippen LogP contribution in [0.25, 0.3) is 0 Å². The van der Waals surface area contributed by atoms with E-state index in [1.165, 1.54) is 6.42 Å². The summed E-state index contributed by atoms with van der Waals surface area (Å²) in [6, 6.07) is 0. The number of carbonyl (C=O) groups excluding carboxylic acids is 1. The van der Waals surface area contributed by atoms with Crippen molar-refractivity contribution in [2.45, 2.75) is 32.6 Å². The number of aryl methyl sites for hydroxylation is 1. The number of hydrogen-bond donors (Lipinski definition) is 1. The molecule has 1 N–H and O–H groups in total. The summed E-state index contributed by atoms with van der Waals surface area (Å²) < 4.78 is 0. The Bertz CT molecular complexity index is 426. The van der Waals surface area contributed by atoms with Crippen molar-refractivity contribution in [3.8, 4) is 0 Å². The van der Waals surface area contributed by atoms with Crippen LogP contribution in [0.2, 0.25) is 0 Å². The Labute approximate surface area is 143 Å². The van der Waals surface area contributed by atoms with Gasteiger partial charge < -0.3 is 10.2 Å². The predicted molar refractivity (Wildman–Crippen MR) is 93.2 cm³/mol. The van der Waals surface area contributed by atoms with E-state index in [4.69, 9.17) is 0 Å². The molecule has 1 saturated heterocycles. The first-order chi connectivity index (χ1) is 9.24. The standard InChI is InChI=1S/C14H23N3OS.2ClH/c1-3-5-13-16-9-12(19-13)14(18)17-7-4-6-11(10-17)8-15-2;;/h9,11,15H,3-8,10H2,1-2H3;2*1H. The van der Waals surface area contributed by atoms with E-state index < -0.39 is 0 Å². The third-order valence-electron chi connectivity index (χ3n) is 3.53. The Balaban J connectivity index is 0.00000200. The molecule has 1 amide bonds. The summed E-state index contributed by atoms with van der Waals surface area (Å²) in [6.45, 7) is 4.89. The number of halogens is 2. The zero-order chi connectivity index (χ0) is 13.7. The van der Waals surface area contributed by atoms with Gasteiger partial charge in [-0.05, 0) is 45.2 Å². The fraction of sp³-hybridized carbons (Fsp3) is 0.714. The molecule has 0 bridgehead atoms. The van der Waals surface area contributed by atoms with Crippen LogP contribution in [-0.4, -0.2) is 42.5 Å². The van der Waals surface area contributed by atoms with Crippen molar-refractivity contribution in [2.24, 2.45) is 5.92 Å². The number of rotatable bonds is 5. The van der Waals surface area contributed by atoms with E-state index in [2.05, 4.69) is 17.2 Å². The van der Waals surface area contributed by atoms with Crippen LogP contribution in [-0.2, 0) is 6.42 Å². The van der Waals surface area contributed by atoms with Gasteiger partial charge in [0, 0.05) is 13.1 Å². The first-order valence-corrected chi connectivity index (χ1v) is 7.94. The molecule has 7 heteroatoms. The number of likely N-dealkylation sites (tertiary alicyclic amines) is 1. The molecule has 1 fully saturated rings. The third-order valence-corrected chi connectivity index (χ3v) is 4.57. The lowest BCUT2D eigenvalue weighted by Gasteiger charge is -2.32. The van der Waals surface area contributed by atoms with Crippen LogP contribution in [0.4, 0.5) is 0 Å². The Morgan fingerprint density at radius 3 is 2.95 bits per heavy atom. The number of aromatic nitrogens is 1. The van der Waals surface area contributed by atoms with Crippen molar-refractivity contribution in [3.63, 3.8) is 0 Å². The number of carbonyl (C=O) groups is 1. The van der Waals surface area contributed by atoms with Crippen LogP contribution in [0.5, 0.6) is 0 Å². The van der Waals surface area contributed by atoms with Crippen LogP contribution in [0, 0.1) is 5.92 Å². The molecule has 2 rings (SSSR count). The van der Waals surface area contributed by atoms with Crippen molar-refractivity contribution < 1.29 is 4.79 Å². The summed E-state index contributed by atoms with van der Waals surface area (Å²) in [5, 5.41) is 4.29. The second-order valence-corrected chi connectivity index (χ2v) is 6.30. The molecule has 1 aromatic rings. The van der Waals surface area contributed by atoms with E-state index in [0.29, 0.717) is 5.92 Å². The summed E-state index contributed by atoms with van der Waals surface area (Å²) in [7, 11) is 1.97. The van der Waals surface area contributed by atoms with Gasteiger partial charge in [-0.2, -0.15) is 0 Å². The summed E-state index contributed by atoms with van der Waals surface area (Å²) in [6.07, 6.45) is 6.13. The molecule has 122 valence electrons. The van der Waals surface area contributed by atoms with Crippen molar-refractivity contribution in [2.75, 3.05) is 26.7 Å². The zero-order valence-electron chi connectivity index (χ0n) is 12.6. The van der Waals surface area contributed by atoms with Crippen molar-refractivity contribution in [3.05, 3.63) is 16.1 Å². The second-order valence-electron chi connectivity index (χ2n) is 5.19. The Kier molecular flexibility index (Phi) is 10.2. The fourth-order valence-electron chi connectivity index (χ4n) is 2.60. The predicted octanol–water partition coefficient (Wildman–Crippen LogP) is 3.01. The Hall–Kier alpha value is -0.360. The summed E-state index contributed by atoms with van der Waals surface area (Å²) >= 11 is 1.56. The molecule has 0 aromatic carbocycles.